The summed E-state index contributed by atoms with van der Waals surface area (Å²) in [4.78, 5) is 13.6. The van der Waals surface area contributed by atoms with Crippen molar-refractivity contribution < 1.29 is 9.53 Å². The molecule has 0 heterocycles. The van der Waals surface area contributed by atoms with Crippen LogP contribution >= 0.6 is 23.2 Å². The van der Waals surface area contributed by atoms with Gasteiger partial charge >= 0.3 is 0 Å². The lowest BCUT2D eigenvalue weighted by Crippen LogP contribution is -2.35. The summed E-state index contributed by atoms with van der Waals surface area (Å²) in [7, 11) is 0. The first-order valence-corrected chi connectivity index (χ1v) is 7.17. The first kappa shape index (κ1) is 16.2. The van der Waals surface area contributed by atoms with Gasteiger partial charge in [0.05, 0.1) is 16.1 Å². The third kappa shape index (κ3) is 4.14. The molecule has 4 nitrogen and oxygen atoms in total. The van der Waals surface area contributed by atoms with Crippen LogP contribution in [0.25, 0.3) is 0 Å². The molecule has 2 aromatic carbocycles. The highest BCUT2D eigenvalue weighted by Crippen LogP contribution is 2.26. The minimum atomic E-state index is -0.321. The van der Waals surface area contributed by atoms with Crippen LogP contribution in [-0.2, 0) is 4.79 Å². The molecular formula is C16H12Cl2N2O2. The third-order valence-electron chi connectivity index (χ3n) is 2.85. The van der Waals surface area contributed by atoms with Crippen LogP contribution in [0.1, 0.15) is 0 Å². The minimum absolute atomic E-state index is 0.0480. The van der Waals surface area contributed by atoms with Crippen molar-refractivity contribution in [1.29, 1.82) is 5.26 Å². The summed E-state index contributed by atoms with van der Waals surface area (Å²) in [6.45, 7) is -0.248. The number of benzene rings is 2. The fraction of sp³-hybridized carbons (Fsp3) is 0.125. The Labute approximate surface area is 138 Å². The number of hydrogen-bond donors (Lipinski definition) is 0. The van der Waals surface area contributed by atoms with Gasteiger partial charge in [0, 0.05) is 11.8 Å². The topological polar surface area (TPSA) is 53.3 Å². The van der Waals surface area contributed by atoms with E-state index in [1.54, 1.807) is 36.4 Å². The van der Waals surface area contributed by atoms with Crippen molar-refractivity contribution in [3.8, 4) is 11.8 Å². The highest BCUT2D eigenvalue weighted by Gasteiger charge is 2.16. The van der Waals surface area contributed by atoms with Gasteiger partial charge in [0.15, 0.2) is 6.61 Å². The Balaban J connectivity index is 2.05. The monoisotopic (exact) mass is 334 g/mol. The van der Waals surface area contributed by atoms with Gasteiger partial charge < -0.3 is 4.74 Å². The van der Waals surface area contributed by atoms with Gasteiger partial charge in [0.1, 0.15) is 12.3 Å². The van der Waals surface area contributed by atoms with E-state index in [9.17, 15) is 4.79 Å². The van der Waals surface area contributed by atoms with E-state index in [2.05, 4.69) is 0 Å². The summed E-state index contributed by atoms with van der Waals surface area (Å²) < 4.78 is 5.41. The summed E-state index contributed by atoms with van der Waals surface area (Å²) in [5.74, 6) is 0.117. The van der Waals surface area contributed by atoms with Crippen LogP contribution in [0.4, 0.5) is 5.69 Å². The Morgan fingerprint density at radius 2 is 1.86 bits per heavy atom. The van der Waals surface area contributed by atoms with Crippen LogP contribution in [0.15, 0.2) is 48.5 Å². The quantitative estimate of drug-likeness (QED) is 0.778. The number of ether oxygens (including phenoxy) is 1. The molecule has 0 aromatic heterocycles. The van der Waals surface area contributed by atoms with Crippen molar-refractivity contribution in [3.05, 3.63) is 58.6 Å². The van der Waals surface area contributed by atoms with Gasteiger partial charge in [-0.3, -0.25) is 9.69 Å². The molecule has 0 unspecified atom stereocenters. The van der Waals surface area contributed by atoms with E-state index in [-0.39, 0.29) is 19.1 Å². The second-order valence-electron chi connectivity index (χ2n) is 4.34. The number of nitriles is 1. The fourth-order valence-corrected chi connectivity index (χ4v) is 2.08. The zero-order valence-corrected chi connectivity index (χ0v) is 13.0. The number of amides is 1. The number of hydrogen-bond acceptors (Lipinski definition) is 3. The fourth-order valence-electron chi connectivity index (χ4n) is 1.79. The zero-order chi connectivity index (χ0) is 15.9. The second kappa shape index (κ2) is 7.69. The maximum absolute atomic E-state index is 12.2. The van der Waals surface area contributed by atoms with Crippen LogP contribution in [0.2, 0.25) is 10.0 Å². The van der Waals surface area contributed by atoms with Crippen molar-refractivity contribution in [2.45, 2.75) is 0 Å². The smallest absolute Gasteiger partial charge is 0.265 e. The summed E-state index contributed by atoms with van der Waals surface area (Å²) in [5.41, 5.74) is 0.645. The van der Waals surface area contributed by atoms with E-state index in [1.807, 2.05) is 12.1 Å². The van der Waals surface area contributed by atoms with Crippen LogP contribution in [-0.4, -0.2) is 19.1 Å². The molecule has 112 valence electrons. The Morgan fingerprint density at radius 1 is 1.14 bits per heavy atom. The minimum Gasteiger partial charge on any atom is -0.484 e. The van der Waals surface area contributed by atoms with Crippen LogP contribution < -0.4 is 9.64 Å². The molecule has 0 N–H and O–H groups in total. The molecule has 0 aliphatic rings. The van der Waals surface area contributed by atoms with E-state index in [0.29, 0.717) is 21.5 Å². The third-order valence-corrected chi connectivity index (χ3v) is 3.59. The molecule has 0 bridgehead atoms. The van der Waals surface area contributed by atoms with E-state index in [0.717, 1.165) is 0 Å². The molecule has 0 fully saturated rings. The molecular weight excluding hydrogens is 323 g/mol. The largest absolute Gasteiger partial charge is 0.484 e. The SMILES string of the molecule is N#CCN(C(=O)COc1ccc(Cl)c(Cl)c1)c1ccccc1. The standard InChI is InChI=1S/C16H12Cl2N2O2/c17-14-7-6-13(10-15(14)18)22-11-16(21)20(9-8-19)12-4-2-1-3-5-12/h1-7,10H,9,11H2. The van der Waals surface area contributed by atoms with Gasteiger partial charge in [-0.2, -0.15) is 5.26 Å². The molecule has 2 rings (SSSR count). The summed E-state index contributed by atoms with van der Waals surface area (Å²) in [6.07, 6.45) is 0. The van der Waals surface area contributed by atoms with E-state index in [4.69, 9.17) is 33.2 Å². The van der Waals surface area contributed by atoms with Crippen molar-refractivity contribution in [1.82, 2.24) is 0 Å². The number of carbonyl (C=O) groups is 1. The van der Waals surface area contributed by atoms with Gasteiger partial charge in [-0.15, -0.1) is 0 Å². The number of halogens is 2. The van der Waals surface area contributed by atoms with Crippen molar-refractivity contribution in [3.63, 3.8) is 0 Å². The molecule has 0 spiro atoms. The first-order valence-electron chi connectivity index (χ1n) is 6.42. The Morgan fingerprint density at radius 3 is 2.50 bits per heavy atom. The van der Waals surface area contributed by atoms with Gasteiger partial charge in [-0.1, -0.05) is 41.4 Å². The van der Waals surface area contributed by atoms with Crippen molar-refractivity contribution in [2.24, 2.45) is 0 Å². The zero-order valence-electron chi connectivity index (χ0n) is 11.5. The first-order chi connectivity index (χ1) is 10.6. The highest BCUT2D eigenvalue weighted by atomic mass is 35.5. The number of anilines is 1. The van der Waals surface area contributed by atoms with Crippen LogP contribution in [0, 0.1) is 11.3 Å². The molecule has 6 heteroatoms. The summed E-state index contributed by atoms with van der Waals surface area (Å²) in [5, 5.41) is 9.65. The van der Waals surface area contributed by atoms with Gasteiger partial charge in [-0.05, 0) is 24.3 Å². The van der Waals surface area contributed by atoms with Gasteiger partial charge in [0.25, 0.3) is 5.91 Å². The van der Waals surface area contributed by atoms with Gasteiger partial charge in [0.2, 0.25) is 0 Å². The van der Waals surface area contributed by atoms with Crippen LogP contribution in [0.5, 0.6) is 5.75 Å². The summed E-state index contributed by atoms with van der Waals surface area (Å²) in [6, 6.07) is 15.7. The lowest BCUT2D eigenvalue weighted by atomic mass is 10.3. The average molecular weight is 335 g/mol. The number of carbonyl (C=O) groups excluding carboxylic acids is 1. The molecule has 0 aliphatic carbocycles. The molecule has 0 radical (unpaired) electrons. The van der Waals surface area contributed by atoms with E-state index < -0.39 is 0 Å². The maximum Gasteiger partial charge on any atom is 0.265 e. The Bertz CT molecular complexity index is 699. The molecule has 22 heavy (non-hydrogen) atoms. The molecule has 0 atom stereocenters. The average Bonchev–Trinajstić information content (AvgIpc) is 2.54. The van der Waals surface area contributed by atoms with Crippen molar-refractivity contribution >= 4 is 34.8 Å². The Hall–Kier alpha value is -2.22. The second-order valence-corrected chi connectivity index (χ2v) is 5.15. The van der Waals surface area contributed by atoms with E-state index >= 15 is 0 Å². The van der Waals surface area contributed by atoms with Crippen LogP contribution in [0.3, 0.4) is 0 Å². The number of rotatable bonds is 5. The van der Waals surface area contributed by atoms with Gasteiger partial charge in [-0.25, -0.2) is 0 Å². The lowest BCUT2D eigenvalue weighted by molar-refractivity contribution is -0.120. The normalized spacial score (nSPS) is 9.86. The molecule has 2 aromatic rings. The Kier molecular flexibility index (Phi) is 5.65. The van der Waals surface area contributed by atoms with Crippen molar-refractivity contribution in [2.75, 3.05) is 18.1 Å². The summed E-state index contributed by atoms with van der Waals surface area (Å²) >= 11 is 11.7. The van der Waals surface area contributed by atoms with E-state index in [1.165, 1.54) is 11.0 Å². The number of para-hydroxylation sites is 1. The maximum atomic E-state index is 12.2. The number of nitrogens with zero attached hydrogens (tertiary/aromatic N) is 2. The highest BCUT2D eigenvalue weighted by molar-refractivity contribution is 6.42. The molecule has 1 amide bonds. The predicted molar refractivity (Wildman–Crippen MR) is 86.4 cm³/mol. The lowest BCUT2D eigenvalue weighted by Gasteiger charge is -2.19. The molecule has 0 saturated heterocycles. The predicted octanol–water partition coefficient (Wildman–Crippen LogP) is 3.93. The molecule has 0 aliphatic heterocycles. The molecule has 0 saturated carbocycles.